The maximum atomic E-state index is 5.20. The molecule has 1 saturated carbocycles. The molecule has 3 heteroatoms. The van der Waals surface area contributed by atoms with E-state index in [0.29, 0.717) is 5.92 Å². The molecule has 1 fully saturated rings. The monoisotopic (exact) mass is 324 g/mol. The van der Waals surface area contributed by atoms with Gasteiger partial charge in [0.2, 0.25) is 0 Å². The number of unbranched alkanes of at least 4 members (excludes halogenated alkanes) is 1. The van der Waals surface area contributed by atoms with Gasteiger partial charge in [0.1, 0.15) is 5.75 Å². The molecule has 1 aliphatic carbocycles. The summed E-state index contributed by atoms with van der Waals surface area (Å²) in [5, 5.41) is 0. The fourth-order valence-corrected chi connectivity index (χ4v) is 3.72. The van der Waals surface area contributed by atoms with Crippen LogP contribution in [0.2, 0.25) is 0 Å². The van der Waals surface area contributed by atoms with E-state index in [-0.39, 0.29) is 0 Å². The van der Waals surface area contributed by atoms with E-state index < -0.39 is 0 Å². The minimum atomic E-state index is 0.646. The molecular formula is C21H28N2O. The molecule has 0 amide bonds. The van der Waals surface area contributed by atoms with Gasteiger partial charge in [-0.05, 0) is 67.3 Å². The molecule has 128 valence electrons. The first-order valence-corrected chi connectivity index (χ1v) is 9.26. The Labute approximate surface area is 145 Å². The minimum Gasteiger partial charge on any atom is -0.497 e. The van der Waals surface area contributed by atoms with E-state index in [2.05, 4.69) is 16.9 Å². The Morgan fingerprint density at radius 1 is 1.00 bits per heavy atom. The van der Waals surface area contributed by atoms with E-state index in [9.17, 15) is 0 Å². The molecule has 0 aliphatic heterocycles. The summed E-state index contributed by atoms with van der Waals surface area (Å²) in [6, 6.07) is 7.91. The van der Waals surface area contributed by atoms with Gasteiger partial charge in [-0.25, -0.2) is 9.97 Å². The Morgan fingerprint density at radius 3 is 2.25 bits per heavy atom. The van der Waals surface area contributed by atoms with E-state index >= 15 is 0 Å². The lowest BCUT2D eigenvalue weighted by Gasteiger charge is -2.28. The number of benzene rings is 1. The van der Waals surface area contributed by atoms with Gasteiger partial charge in [0.05, 0.1) is 7.11 Å². The fourth-order valence-electron chi connectivity index (χ4n) is 3.72. The highest BCUT2D eigenvalue weighted by atomic mass is 16.5. The Kier molecular flexibility index (Phi) is 5.84. The second kappa shape index (κ2) is 8.27. The molecule has 0 saturated heterocycles. The van der Waals surface area contributed by atoms with Gasteiger partial charge < -0.3 is 4.74 Å². The molecule has 1 heterocycles. The van der Waals surface area contributed by atoms with Crippen LogP contribution in [-0.2, 0) is 0 Å². The summed E-state index contributed by atoms with van der Waals surface area (Å²) in [7, 11) is 1.68. The number of nitrogens with zero attached hydrogens (tertiary/aromatic N) is 2. The number of methoxy groups -OCH3 is 1. The molecule has 0 radical (unpaired) electrons. The van der Waals surface area contributed by atoms with Crippen molar-refractivity contribution in [3.8, 4) is 17.1 Å². The standard InChI is InChI=1S/C21H28N2O/c1-3-4-5-16-6-8-17(9-7-16)19-14-22-21(23-15-19)18-10-12-20(24-2)13-11-18/h10-17H,3-9H2,1-2H3/t16-,17-. The van der Waals surface area contributed by atoms with Gasteiger partial charge in [-0.15, -0.1) is 0 Å². The average Bonchev–Trinajstić information content (AvgIpc) is 2.67. The molecule has 3 nitrogen and oxygen atoms in total. The molecule has 1 aliphatic rings. The van der Waals surface area contributed by atoms with Crippen LogP contribution >= 0.6 is 0 Å². The molecule has 3 rings (SSSR count). The zero-order valence-electron chi connectivity index (χ0n) is 14.9. The van der Waals surface area contributed by atoms with Crippen molar-refractivity contribution in [3.05, 3.63) is 42.2 Å². The normalized spacial score (nSPS) is 20.8. The van der Waals surface area contributed by atoms with Crippen LogP contribution in [0.5, 0.6) is 5.75 Å². The number of ether oxygens (including phenoxy) is 1. The first kappa shape index (κ1) is 16.9. The lowest BCUT2D eigenvalue weighted by Crippen LogP contribution is -2.13. The third kappa shape index (κ3) is 4.14. The highest BCUT2D eigenvalue weighted by Gasteiger charge is 2.22. The number of hydrogen-bond acceptors (Lipinski definition) is 3. The minimum absolute atomic E-state index is 0.646. The second-order valence-corrected chi connectivity index (χ2v) is 6.93. The summed E-state index contributed by atoms with van der Waals surface area (Å²) in [4.78, 5) is 9.19. The zero-order valence-corrected chi connectivity index (χ0v) is 14.9. The van der Waals surface area contributed by atoms with Gasteiger partial charge in [0.25, 0.3) is 0 Å². The highest BCUT2D eigenvalue weighted by molar-refractivity contribution is 5.55. The third-order valence-electron chi connectivity index (χ3n) is 5.30. The molecule has 1 aromatic heterocycles. The molecule has 1 aromatic carbocycles. The first-order valence-electron chi connectivity index (χ1n) is 9.26. The summed E-state index contributed by atoms with van der Waals surface area (Å²) in [6.07, 6.45) is 13.5. The summed E-state index contributed by atoms with van der Waals surface area (Å²) >= 11 is 0. The van der Waals surface area contributed by atoms with Crippen molar-refractivity contribution >= 4 is 0 Å². The van der Waals surface area contributed by atoms with E-state index in [1.165, 1.54) is 50.5 Å². The largest absolute Gasteiger partial charge is 0.497 e. The number of aromatic nitrogens is 2. The van der Waals surface area contributed by atoms with Crippen molar-refractivity contribution in [2.75, 3.05) is 7.11 Å². The van der Waals surface area contributed by atoms with Gasteiger partial charge in [0.15, 0.2) is 5.82 Å². The zero-order chi connectivity index (χ0) is 16.8. The van der Waals surface area contributed by atoms with Crippen LogP contribution in [0.25, 0.3) is 11.4 Å². The van der Waals surface area contributed by atoms with Crippen molar-refractivity contribution in [2.45, 2.75) is 57.8 Å². The molecule has 0 spiro atoms. The molecule has 0 atom stereocenters. The van der Waals surface area contributed by atoms with Crippen molar-refractivity contribution in [2.24, 2.45) is 5.92 Å². The summed E-state index contributed by atoms with van der Waals surface area (Å²) in [5.41, 5.74) is 2.34. The molecular weight excluding hydrogens is 296 g/mol. The predicted octanol–water partition coefficient (Wildman–Crippen LogP) is 5.62. The Balaban J connectivity index is 1.60. The van der Waals surface area contributed by atoms with E-state index in [4.69, 9.17) is 4.74 Å². The second-order valence-electron chi connectivity index (χ2n) is 6.93. The van der Waals surface area contributed by atoms with Crippen molar-refractivity contribution in [1.82, 2.24) is 9.97 Å². The third-order valence-corrected chi connectivity index (χ3v) is 5.30. The summed E-state index contributed by atoms with van der Waals surface area (Å²) in [5.74, 6) is 3.24. The SMILES string of the molecule is CCCC[C@H]1CC[C@H](c2cnc(-c3ccc(OC)cc3)nc2)CC1. The average molecular weight is 324 g/mol. The lowest BCUT2D eigenvalue weighted by atomic mass is 9.78. The van der Waals surface area contributed by atoms with Crippen LogP contribution in [0.15, 0.2) is 36.7 Å². The van der Waals surface area contributed by atoms with Crippen molar-refractivity contribution in [1.29, 1.82) is 0 Å². The molecule has 0 N–H and O–H groups in total. The van der Waals surface area contributed by atoms with Gasteiger partial charge in [-0.1, -0.05) is 26.2 Å². The van der Waals surface area contributed by atoms with Crippen LogP contribution in [-0.4, -0.2) is 17.1 Å². The highest BCUT2D eigenvalue weighted by Crippen LogP contribution is 2.37. The van der Waals surface area contributed by atoms with Crippen molar-refractivity contribution < 1.29 is 4.74 Å². The molecule has 0 unspecified atom stereocenters. The van der Waals surface area contributed by atoms with Crippen molar-refractivity contribution in [3.63, 3.8) is 0 Å². The topological polar surface area (TPSA) is 35.0 Å². The van der Waals surface area contributed by atoms with Crippen LogP contribution < -0.4 is 4.74 Å². The lowest BCUT2D eigenvalue weighted by molar-refractivity contribution is 0.304. The summed E-state index contributed by atoms with van der Waals surface area (Å²) in [6.45, 7) is 2.29. The van der Waals surface area contributed by atoms with Crippen LogP contribution in [0.3, 0.4) is 0 Å². The maximum Gasteiger partial charge on any atom is 0.159 e. The van der Waals surface area contributed by atoms with Gasteiger partial charge >= 0.3 is 0 Å². The summed E-state index contributed by atoms with van der Waals surface area (Å²) < 4.78 is 5.20. The molecule has 2 aromatic rings. The first-order chi connectivity index (χ1) is 11.8. The Hall–Kier alpha value is -1.90. The van der Waals surface area contributed by atoms with E-state index in [1.807, 2.05) is 36.7 Å². The van der Waals surface area contributed by atoms with Crippen LogP contribution in [0.4, 0.5) is 0 Å². The van der Waals surface area contributed by atoms with E-state index in [0.717, 1.165) is 23.1 Å². The smallest absolute Gasteiger partial charge is 0.159 e. The molecule has 24 heavy (non-hydrogen) atoms. The van der Waals surface area contributed by atoms with Gasteiger partial charge in [-0.3, -0.25) is 0 Å². The molecule has 0 bridgehead atoms. The predicted molar refractivity (Wildman–Crippen MR) is 98.2 cm³/mol. The number of rotatable bonds is 6. The maximum absolute atomic E-state index is 5.20. The Morgan fingerprint density at radius 2 is 1.67 bits per heavy atom. The van der Waals surface area contributed by atoms with Gasteiger partial charge in [0, 0.05) is 18.0 Å². The van der Waals surface area contributed by atoms with Crippen LogP contribution in [0.1, 0.15) is 63.4 Å². The quantitative estimate of drug-likeness (QED) is 0.692. The van der Waals surface area contributed by atoms with Gasteiger partial charge in [-0.2, -0.15) is 0 Å². The van der Waals surface area contributed by atoms with Crippen LogP contribution in [0, 0.1) is 5.92 Å². The Bertz CT molecular complexity index is 613. The fraction of sp³-hybridized carbons (Fsp3) is 0.524. The number of hydrogen-bond donors (Lipinski definition) is 0. The van der Waals surface area contributed by atoms with E-state index in [1.54, 1.807) is 7.11 Å².